The highest BCUT2D eigenvalue weighted by Gasteiger charge is 2.35. The van der Waals surface area contributed by atoms with Gasteiger partial charge >= 0.3 is 6.18 Å². The Morgan fingerprint density at radius 3 is 2.63 bits per heavy atom. The van der Waals surface area contributed by atoms with Crippen LogP contribution in [0.25, 0.3) is 5.82 Å². The molecule has 0 spiro atoms. The van der Waals surface area contributed by atoms with Crippen molar-refractivity contribution in [2.75, 3.05) is 0 Å². The summed E-state index contributed by atoms with van der Waals surface area (Å²) >= 11 is 0. The van der Waals surface area contributed by atoms with Crippen LogP contribution in [-0.4, -0.2) is 20.7 Å². The van der Waals surface area contributed by atoms with Crippen LogP contribution in [0, 0.1) is 6.92 Å². The molecule has 2 N–H and O–H groups in total. The Hall–Kier alpha value is -2.38. The first-order valence-corrected chi connectivity index (χ1v) is 5.19. The summed E-state index contributed by atoms with van der Waals surface area (Å²) in [6.07, 6.45) is -2.21. The first-order valence-electron chi connectivity index (χ1n) is 5.19. The number of nitrogens with zero attached hydrogens (tertiary/aromatic N) is 3. The van der Waals surface area contributed by atoms with E-state index in [9.17, 15) is 18.0 Å². The van der Waals surface area contributed by atoms with Gasteiger partial charge in [0, 0.05) is 12.4 Å². The van der Waals surface area contributed by atoms with E-state index in [2.05, 4.69) is 10.1 Å². The van der Waals surface area contributed by atoms with Crippen LogP contribution in [0.1, 0.15) is 21.6 Å². The number of pyridine rings is 1. The fraction of sp³-hybridized carbons (Fsp3) is 0.182. The van der Waals surface area contributed by atoms with E-state index in [1.165, 1.54) is 19.2 Å². The number of aryl methyl sites for hydroxylation is 1. The van der Waals surface area contributed by atoms with E-state index in [0.29, 0.717) is 0 Å². The molecule has 0 aliphatic heterocycles. The van der Waals surface area contributed by atoms with Crippen molar-refractivity contribution in [2.45, 2.75) is 13.1 Å². The fourth-order valence-electron chi connectivity index (χ4n) is 1.61. The molecule has 0 atom stereocenters. The van der Waals surface area contributed by atoms with E-state index < -0.39 is 23.5 Å². The Bertz CT molecular complexity index is 633. The highest BCUT2D eigenvalue weighted by molar-refractivity contribution is 5.93. The zero-order valence-corrected chi connectivity index (χ0v) is 9.77. The fourth-order valence-corrected chi connectivity index (χ4v) is 1.61. The van der Waals surface area contributed by atoms with Crippen molar-refractivity contribution in [2.24, 2.45) is 5.73 Å². The Balaban J connectivity index is 2.60. The maximum absolute atomic E-state index is 12.8. The van der Waals surface area contributed by atoms with Crippen LogP contribution in [0.15, 0.2) is 24.5 Å². The predicted molar refractivity (Wildman–Crippen MR) is 59.6 cm³/mol. The van der Waals surface area contributed by atoms with Crippen LogP contribution in [0.2, 0.25) is 0 Å². The predicted octanol–water partition coefficient (Wildman–Crippen LogP) is 1.69. The zero-order chi connectivity index (χ0) is 14.2. The maximum Gasteiger partial charge on any atom is 0.420 e. The standard InChI is InChI=1S/C11H9F3N4O/c1-6-7(9(15)19)5-18(17-6)10-8(11(12,13)14)3-2-4-16-10/h2-5H,1H3,(H2,15,19). The molecule has 0 unspecified atom stereocenters. The number of halogens is 3. The minimum atomic E-state index is -4.56. The molecule has 0 saturated heterocycles. The number of hydrogen-bond acceptors (Lipinski definition) is 3. The summed E-state index contributed by atoms with van der Waals surface area (Å²) in [5.74, 6) is -1.15. The van der Waals surface area contributed by atoms with Gasteiger partial charge in [-0.05, 0) is 19.1 Å². The third-order valence-corrected chi connectivity index (χ3v) is 2.47. The highest BCUT2D eigenvalue weighted by Crippen LogP contribution is 2.32. The Morgan fingerprint density at radius 1 is 1.42 bits per heavy atom. The van der Waals surface area contributed by atoms with Crippen molar-refractivity contribution < 1.29 is 18.0 Å². The summed E-state index contributed by atoms with van der Waals surface area (Å²) in [6.45, 7) is 1.48. The zero-order valence-electron chi connectivity index (χ0n) is 9.77. The lowest BCUT2D eigenvalue weighted by Gasteiger charge is -2.10. The van der Waals surface area contributed by atoms with Crippen molar-refractivity contribution in [3.63, 3.8) is 0 Å². The van der Waals surface area contributed by atoms with Gasteiger partial charge in [0.05, 0.1) is 11.3 Å². The molecule has 1 amide bonds. The molecule has 0 fully saturated rings. The molecule has 0 aromatic carbocycles. The van der Waals surface area contributed by atoms with Gasteiger partial charge in [-0.25, -0.2) is 9.67 Å². The molecule has 2 aromatic heterocycles. The van der Waals surface area contributed by atoms with E-state index in [-0.39, 0.29) is 11.3 Å². The van der Waals surface area contributed by atoms with Crippen LogP contribution in [0.3, 0.4) is 0 Å². The number of nitrogens with two attached hydrogens (primary N) is 1. The lowest BCUT2D eigenvalue weighted by molar-refractivity contribution is -0.137. The van der Waals surface area contributed by atoms with Crippen molar-refractivity contribution >= 4 is 5.91 Å². The summed E-state index contributed by atoms with van der Waals surface area (Å²) in [5, 5.41) is 3.83. The average molecular weight is 270 g/mol. The summed E-state index contributed by atoms with van der Waals surface area (Å²) in [5.41, 5.74) is 4.45. The number of carbonyl (C=O) groups is 1. The third-order valence-electron chi connectivity index (χ3n) is 2.47. The van der Waals surface area contributed by atoms with Crippen LogP contribution < -0.4 is 5.73 Å². The number of carbonyl (C=O) groups excluding carboxylic acids is 1. The average Bonchev–Trinajstić information content (AvgIpc) is 2.70. The van der Waals surface area contributed by atoms with Crippen molar-refractivity contribution in [1.82, 2.24) is 14.8 Å². The first-order chi connectivity index (χ1) is 8.80. The SMILES string of the molecule is Cc1nn(-c2ncccc2C(F)(F)F)cc1C(N)=O. The van der Waals surface area contributed by atoms with Gasteiger partial charge in [0.25, 0.3) is 5.91 Å². The normalized spacial score (nSPS) is 11.6. The lowest BCUT2D eigenvalue weighted by Crippen LogP contribution is -2.13. The van der Waals surface area contributed by atoms with Crippen LogP contribution >= 0.6 is 0 Å². The monoisotopic (exact) mass is 270 g/mol. The molecule has 0 saturated carbocycles. The number of primary amides is 1. The highest BCUT2D eigenvalue weighted by atomic mass is 19.4. The molecular weight excluding hydrogens is 261 g/mol. The molecule has 2 aromatic rings. The molecule has 0 aliphatic carbocycles. The number of alkyl halides is 3. The Morgan fingerprint density at radius 2 is 2.11 bits per heavy atom. The molecule has 2 heterocycles. The van der Waals surface area contributed by atoms with Gasteiger partial charge in [0.2, 0.25) is 0 Å². The smallest absolute Gasteiger partial charge is 0.365 e. The molecule has 0 bridgehead atoms. The van der Waals surface area contributed by atoms with Gasteiger partial charge in [0.1, 0.15) is 5.56 Å². The van der Waals surface area contributed by atoms with Crippen molar-refractivity contribution in [3.05, 3.63) is 41.3 Å². The van der Waals surface area contributed by atoms with Gasteiger partial charge in [0.15, 0.2) is 5.82 Å². The largest absolute Gasteiger partial charge is 0.420 e. The topological polar surface area (TPSA) is 73.8 Å². The molecule has 8 heteroatoms. The van der Waals surface area contributed by atoms with E-state index in [1.54, 1.807) is 0 Å². The molecule has 5 nitrogen and oxygen atoms in total. The molecule has 0 aliphatic rings. The second kappa shape index (κ2) is 4.38. The summed E-state index contributed by atoms with van der Waals surface area (Å²) < 4.78 is 39.4. The third kappa shape index (κ3) is 2.42. The molecule has 100 valence electrons. The van der Waals surface area contributed by atoms with Gasteiger partial charge < -0.3 is 5.73 Å². The summed E-state index contributed by atoms with van der Waals surface area (Å²) in [7, 11) is 0. The minimum Gasteiger partial charge on any atom is -0.365 e. The van der Waals surface area contributed by atoms with Crippen molar-refractivity contribution in [3.8, 4) is 5.82 Å². The van der Waals surface area contributed by atoms with Gasteiger partial charge in [-0.3, -0.25) is 4.79 Å². The summed E-state index contributed by atoms with van der Waals surface area (Å²) in [6, 6.07) is 2.07. The van der Waals surface area contributed by atoms with E-state index in [0.717, 1.165) is 16.9 Å². The second-order valence-electron chi connectivity index (χ2n) is 3.81. The quantitative estimate of drug-likeness (QED) is 0.902. The molecule has 2 rings (SSSR count). The molecular formula is C11H9F3N4O. The van der Waals surface area contributed by atoms with Crippen LogP contribution in [-0.2, 0) is 6.18 Å². The van der Waals surface area contributed by atoms with Crippen molar-refractivity contribution in [1.29, 1.82) is 0 Å². The Labute approximate surface area is 105 Å². The number of rotatable bonds is 2. The van der Waals surface area contributed by atoms with E-state index >= 15 is 0 Å². The number of amides is 1. The van der Waals surface area contributed by atoms with E-state index in [1.807, 2.05) is 0 Å². The number of aromatic nitrogens is 3. The van der Waals surface area contributed by atoms with Crippen LogP contribution in [0.4, 0.5) is 13.2 Å². The molecule has 19 heavy (non-hydrogen) atoms. The Kier molecular flexibility index (Phi) is 3.01. The van der Waals surface area contributed by atoms with Gasteiger partial charge in [-0.15, -0.1) is 0 Å². The minimum absolute atomic E-state index is 0.0544. The number of hydrogen-bond donors (Lipinski definition) is 1. The molecule has 0 radical (unpaired) electrons. The second-order valence-corrected chi connectivity index (χ2v) is 3.81. The first kappa shape index (κ1) is 13.1. The summed E-state index contributed by atoms with van der Waals surface area (Å²) in [4.78, 5) is 14.7. The van der Waals surface area contributed by atoms with Crippen LogP contribution in [0.5, 0.6) is 0 Å². The lowest BCUT2D eigenvalue weighted by atomic mass is 10.2. The van der Waals surface area contributed by atoms with E-state index in [4.69, 9.17) is 5.73 Å². The van der Waals surface area contributed by atoms with Gasteiger partial charge in [-0.2, -0.15) is 18.3 Å². The van der Waals surface area contributed by atoms with Gasteiger partial charge in [-0.1, -0.05) is 0 Å². The maximum atomic E-state index is 12.8.